The fourth-order valence-corrected chi connectivity index (χ4v) is 3.66. The maximum absolute atomic E-state index is 10.5. The minimum absolute atomic E-state index is 0.292. The van der Waals surface area contributed by atoms with Crippen LogP contribution in [-0.4, -0.2) is 22.6 Å². The second-order valence-corrected chi connectivity index (χ2v) is 7.84. The first-order valence-corrected chi connectivity index (χ1v) is 11.4. The van der Waals surface area contributed by atoms with E-state index >= 15 is 0 Å². The molecular formula is C28H32N2O2. The summed E-state index contributed by atoms with van der Waals surface area (Å²) in [5, 5.41) is 21.0. The largest absolute Gasteiger partial charge is 0.507 e. The molecule has 0 unspecified atom stereocenters. The van der Waals surface area contributed by atoms with Crippen molar-refractivity contribution in [2.24, 2.45) is 9.98 Å². The van der Waals surface area contributed by atoms with Gasteiger partial charge >= 0.3 is 0 Å². The molecular weight excluding hydrogens is 396 g/mol. The Morgan fingerprint density at radius 3 is 1.44 bits per heavy atom. The van der Waals surface area contributed by atoms with Crippen molar-refractivity contribution in [1.82, 2.24) is 0 Å². The van der Waals surface area contributed by atoms with Gasteiger partial charge in [-0.05, 0) is 78.3 Å². The van der Waals surface area contributed by atoms with Crippen LogP contribution in [0.2, 0.25) is 0 Å². The van der Waals surface area contributed by atoms with Crippen molar-refractivity contribution in [2.75, 3.05) is 0 Å². The lowest BCUT2D eigenvalue weighted by Crippen LogP contribution is -1.93. The predicted octanol–water partition coefficient (Wildman–Crippen LogP) is 6.85. The highest BCUT2D eigenvalue weighted by molar-refractivity contribution is 5.88. The van der Waals surface area contributed by atoms with Crippen molar-refractivity contribution in [1.29, 1.82) is 0 Å². The van der Waals surface area contributed by atoms with Gasteiger partial charge < -0.3 is 10.2 Å². The zero-order valence-electron chi connectivity index (χ0n) is 19.4. The van der Waals surface area contributed by atoms with E-state index in [0.717, 1.165) is 59.3 Å². The number of hydrogen-bond donors (Lipinski definition) is 2. The summed E-state index contributed by atoms with van der Waals surface area (Å²) in [5.74, 6) is 0.585. The Bertz CT molecular complexity index is 1060. The third-order valence-electron chi connectivity index (χ3n) is 5.67. The van der Waals surface area contributed by atoms with Gasteiger partial charge in [0.25, 0.3) is 0 Å². The van der Waals surface area contributed by atoms with E-state index in [-0.39, 0.29) is 0 Å². The highest BCUT2D eigenvalue weighted by Gasteiger charge is 2.08. The first-order valence-electron chi connectivity index (χ1n) is 11.4. The van der Waals surface area contributed by atoms with E-state index in [1.165, 1.54) is 11.1 Å². The van der Waals surface area contributed by atoms with Crippen molar-refractivity contribution in [3.05, 3.63) is 81.9 Å². The summed E-state index contributed by atoms with van der Waals surface area (Å²) in [7, 11) is 0. The molecule has 0 atom stereocenters. The van der Waals surface area contributed by atoms with Crippen LogP contribution < -0.4 is 0 Å². The van der Waals surface area contributed by atoms with E-state index in [0.29, 0.717) is 11.5 Å². The number of aliphatic imine (C=N–C) groups is 2. The average Bonchev–Trinajstić information content (AvgIpc) is 2.83. The van der Waals surface area contributed by atoms with E-state index in [1.807, 2.05) is 50.2 Å². The normalized spacial score (nSPS) is 11.6. The molecule has 0 bridgehead atoms. The molecule has 32 heavy (non-hydrogen) atoms. The number of phenols is 2. The SMILES string of the molecule is CCc1cc(C=Nc2cccc(N=Cc3cc(CC)cc(CC)c3O)c2)c(O)c(CC)c1. The molecule has 0 aliphatic heterocycles. The van der Waals surface area contributed by atoms with E-state index < -0.39 is 0 Å². The van der Waals surface area contributed by atoms with E-state index in [9.17, 15) is 10.2 Å². The number of aryl methyl sites for hydroxylation is 4. The fraction of sp³-hybridized carbons (Fsp3) is 0.286. The number of aromatic hydroxyl groups is 2. The van der Waals surface area contributed by atoms with Gasteiger partial charge in [0, 0.05) is 23.6 Å². The third kappa shape index (κ3) is 5.44. The lowest BCUT2D eigenvalue weighted by Gasteiger charge is -2.09. The molecule has 0 radical (unpaired) electrons. The van der Waals surface area contributed by atoms with Gasteiger partial charge in [-0.3, -0.25) is 9.98 Å². The van der Waals surface area contributed by atoms with E-state index in [1.54, 1.807) is 12.4 Å². The van der Waals surface area contributed by atoms with Gasteiger partial charge in [0.2, 0.25) is 0 Å². The number of benzene rings is 3. The van der Waals surface area contributed by atoms with Gasteiger partial charge in [0.05, 0.1) is 11.4 Å². The van der Waals surface area contributed by atoms with Gasteiger partial charge in [0.1, 0.15) is 11.5 Å². The fourth-order valence-electron chi connectivity index (χ4n) is 3.66. The van der Waals surface area contributed by atoms with Gasteiger partial charge in [-0.15, -0.1) is 0 Å². The van der Waals surface area contributed by atoms with Crippen LogP contribution in [0.1, 0.15) is 61.1 Å². The summed E-state index contributed by atoms with van der Waals surface area (Å²) in [6.07, 6.45) is 6.78. The smallest absolute Gasteiger partial charge is 0.127 e. The van der Waals surface area contributed by atoms with Gasteiger partial charge in [-0.2, -0.15) is 0 Å². The van der Waals surface area contributed by atoms with Crippen LogP contribution in [-0.2, 0) is 25.7 Å². The topological polar surface area (TPSA) is 65.2 Å². The zero-order valence-corrected chi connectivity index (χ0v) is 19.4. The monoisotopic (exact) mass is 428 g/mol. The minimum atomic E-state index is 0.292. The van der Waals surface area contributed by atoms with E-state index in [4.69, 9.17) is 0 Å². The molecule has 3 aromatic rings. The lowest BCUT2D eigenvalue weighted by atomic mass is 10.0. The van der Waals surface area contributed by atoms with Crippen LogP contribution in [0, 0.1) is 0 Å². The van der Waals surface area contributed by atoms with Crippen LogP contribution in [0.5, 0.6) is 11.5 Å². The summed E-state index contributed by atoms with van der Waals surface area (Å²) < 4.78 is 0. The molecule has 0 amide bonds. The first-order chi connectivity index (χ1) is 15.5. The Morgan fingerprint density at radius 1 is 0.625 bits per heavy atom. The van der Waals surface area contributed by atoms with Crippen LogP contribution in [0.4, 0.5) is 11.4 Å². The molecule has 0 aromatic heterocycles. The standard InChI is InChI=1S/C28H32N2O2/c1-5-19-12-21(7-3)27(31)23(14-19)17-29-25-10-9-11-26(16-25)30-18-24-15-20(6-2)13-22(8-4)28(24)32/h9-18,31-32H,5-8H2,1-4H3. The Hall–Kier alpha value is -3.40. The summed E-state index contributed by atoms with van der Waals surface area (Å²) in [6, 6.07) is 15.7. The molecule has 0 saturated heterocycles. The number of hydrogen-bond acceptors (Lipinski definition) is 4. The number of phenolic OH excluding ortho intramolecular Hbond substituents is 2. The highest BCUT2D eigenvalue weighted by Crippen LogP contribution is 2.27. The summed E-state index contributed by atoms with van der Waals surface area (Å²) >= 11 is 0. The maximum atomic E-state index is 10.5. The Kier molecular flexibility index (Phi) is 7.82. The molecule has 4 heteroatoms. The molecule has 2 N–H and O–H groups in total. The summed E-state index contributed by atoms with van der Waals surface area (Å²) in [6.45, 7) is 8.28. The van der Waals surface area contributed by atoms with Crippen molar-refractivity contribution < 1.29 is 10.2 Å². The first kappa shape index (κ1) is 23.3. The molecule has 3 rings (SSSR count). The van der Waals surface area contributed by atoms with Crippen molar-refractivity contribution in [2.45, 2.75) is 53.4 Å². The van der Waals surface area contributed by atoms with Crippen LogP contribution in [0.3, 0.4) is 0 Å². The molecule has 166 valence electrons. The number of rotatable bonds is 8. The summed E-state index contributed by atoms with van der Waals surface area (Å²) in [5.41, 5.74) is 7.18. The van der Waals surface area contributed by atoms with Crippen LogP contribution in [0.25, 0.3) is 0 Å². The summed E-state index contributed by atoms with van der Waals surface area (Å²) in [4.78, 5) is 9.14. The second kappa shape index (κ2) is 10.8. The molecule has 0 heterocycles. The van der Waals surface area contributed by atoms with Gasteiger partial charge in [-0.25, -0.2) is 0 Å². The molecule has 0 spiro atoms. The van der Waals surface area contributed by atoms with Crippen LogP contribution >= 0.6 is 0 Å². The van der Waals surface area contributed by atoms with Crippen molar-refractivity contribution in [3.8, 4) is 11.5 Å². The van der Waals surface area contributed by atoms with Gasteiger partial charge in [-0.1, -0.05) is 45.9 Å². The third-order valence-corrected chi connectivity index (χ3v) is 5.67. The molecule has 0 aliphatic rings. The Labute approximate surface area is 191 Å². The minimum Gasteiger partial charge on any atom is -0.507 e. The van der Waals surface area contributed by atoms with Gasteiger partial charge in [0.15, 0.2) is 0 Å². The second-order valence-electron chi connectivity index (χ2n) is 7.84. The molecule has 3 aromatic carbocycles. The Morgan fingerprint density at radius 2 is 1.06 bits per heavy atom. The van der Waals surface area contributed by atoms with E-state index in [2.05, 4.69) is 36.0 Å². The number of nitrogens with zero attached hydrogens (tertiary/aromatic N) is 2. The lowest BCUT2D eigenvalue weighted by molar-refractivity contribution is 0.467. The molecule has 0 fully saturated rings. The average molecular weight is 429 g/mol. The van der Waals surface area contributed by atoms with Crippen molar-refractivity contribution >= 4 is 23.8 Å². The highest BCUT2D eigenvalue weighted by atomic mass is 16.3. The predicted molar refractivity (Wildman–Crippen MR) is 135 cm³/mol. The van der Waals surface area contributed by atoms with Crippen LogP contribution in [0.15, 0.2) is 58.5 Å². The van der Waals surface area contributed by atoms with Crippen molar-refractivity contribution in [3.63, 3.8) is 0 Å². The Balaban J connectivity index is 1.87. The zero-order chi connectivity index (χ0) is 23.1. The maximum Gasteiger partial charge on any atom is 0.127 e. The quantitative estimate of drug-likeness (QED) is 0.385. The molecule has 4 nitrogen and oxygen atoms in total. The molecule has 0 saturated carbocycles. The molecule has 0 aliphatic carbocycles.